The first kappa shape index (κ1) is 17.2. The van der Waals surface area contributed by atoms with Crippen LogP contribution in [0.1, 0.15) is 13.8 Å². The highest BCUT2D eigenvalue weighted by molar-refractivity contribution is 7.89. The lowest BCUT2D eigenvalue weighted by atomic mass is 10.4. The SMILES string of the molecule is CN=C(NC)N1CCN(S(=O)(=O)CCOC(C)C)CC1. The molecule has 1 heterocycles. The van der Waals surface area contributed by atoms with Crippen LogP contribution in [-0.4, -0.2) is 82.3 Å². The van der Waals surface area contributed by atoms with Crippen molar-refractivity contribution in [1.82, 2.24) is 14.5 Å². The summed E-state index contributed by atoms with van der Waals surface area (Å²) >= 11 is 0. The number of nitrogens with one attached hydrogen (secondary N) is 1. The van der Waals surface area contributed by atoms with Crippen molar-refractivity contribution in [3.8, 4) is 0 Å². The molecule has 0 aromatic heterocycles. The Morgan fingerprint density at radius 3 is 2.35 bits per heavy atom. The van der Waals surface area contributed by atoms with Crippen LogP contribution in [0.5, 0.6) is 0 Å². The number of piperazine rings is 1. The van der Waals surface area contributed by atoms with Crippen LogP contribution < -0.4 is 5.32 Å². The number of sulfonamides is 1. The van der Waals surface area contributed by atoms with E-state index in [1.165, 1.54) is 4.31 Å². The highest BCUT2D eigenvalue weighted by atomic mass is 32.2. The second-order valence-corrected chi connectivity index (χ2v) is 7.01. The van der Waals surface area contributed by atoms with Crippen molar-refractivity contribution in [2.45, 2.75) is 20.0 Å². The zero-order valence-electron chi connectivity index (χ0n) is 12.8. The molecule has 0 spiro atoms. The van der Waals surface area contributed by atoms with E-state index in [4.69, 9.17) is 4.74 Å². The van der Waals surface area contributed by atoms with E-state index in [1.807, 2.05) is 20.9 Å². The van der Waals surface area contributed by atoms with E-state index < -0.39 is 10.0 Å². The Morgan fingerprint density at radius 1 is 1.30 bits per heavy atom. The Bertz CT molecular complexity index is 414. The zero-order valence-corrected chi connectivity index (χ0v) is 13.6. The molecule has 0 radical (unpaired) electrons. The lowest BCUT2D eigenvalue weighted by molar-refractivity contribution is 0.0905. The zero-order chi connectivity index (χ0) is 15.2. The number of aliphatic imine (C=N–C) groups is 1. The molecule has 20 heavy (non-hydrogen) atoms. The third-order valence-electron chi connectivity index (χ3n) is 3.16. The molecular weight excluding hydrogens is 280 g/mol. The third-order valence-corrected chi connectivity index (χ3v) is 4.99. The summed E-state index contributed by atoms with van der Waals surface area (Å²) in [4.78, 5) is 6.18. The predicted molar refractivity (Wildman–Crippen MR) is 80.4 cm³/mol. The fraction of sp³-hybridized carbons (Fsp3) is 0.917. The van der Waals surface area contributed by atoms with Crippen molar-refractivity contribution in [1.29, 1.82) is 0 Å². The van der Waals surface area contributed by atoms with Gasteiger partial charge in [-0.25, -0.2) is 8.42 Å². The summed E-state index contributed by atoms with van der Waals surface area (Å²) < 4.78 is 31.2. The normalized spacial score (nSPS) is 18.6. The summed E-state index contributed by atoms with van der Waals surface area (Å²) in [6.45, 7) is 6.33. The third kappa shape index (κ3) is 4.92. The topological polar surface area (TPSA) is 74.2 Å². The van der Waals surface area contributed by atoms with Crippen LogP contribution in [-0.2, 0) is 14.8 Å². The van der Waals surface area contributed by atoms with E-state index in [-0.39, 0.29) is 18.5 Å². The summed E-state index contributed by atoms with van der Waals surface area (Å²) in [5, 5.41) is 3.01. The van der Waals surface area contributed by atoms with Gasteiger partial charge >= 0.3 is 0 Å². The molecule has 1 fully saturated rings. The van der Waals surface area contributed by atoms with E-state index in [0.717, 1.165) is 5.96 Å². The Balaban J connectivity index is 2.47. The van der Waals surface area contributed by atoms with Crippen molar-refractivity contribution in [3.05, 3.63) is 0 Å². The van der Waals surface area contributed by atoms with Crippen LogP contribution in [0.3, 0.4) is 0 Å². The van der Waals surface area contributed by atoms with Gasteiger partial charge in [0.2, 0.25) is 10.0 Å². The average Bonchev–Trinajstić information content (AvgIpc) is 2.40. The van der Waals surface area contributed by atoms with Crippen LogP contribution in [0.4, 0.5) is 0 Å². The largest absolute Gasteiger partial charge is 0.378 e. The van der Waals surface area contributed by atoms with Gasteiger partial charge in [0, 0.05) is 40.3 Å². The van der Waals surface area contributed by atoms with Gasteiger partial charge in [-0.1, -0.05) is 0 Å². The lowest BCUT2D eigenvalue weighted by Crippen LogP contribution is -2.53. The second-order valence-electron chi connectivity index (χ2n) is 4.92. The maximum Gasteiger partial charge on any atom is 0.216 e. The molecular formula is C12H26N4O3S. The summed E-state index contributed by atoms with van der Waals surface area (Å²) in [5.41, 5.74) is 0. The van der Waals surface area contributed by atoms with Crippen LogP contribution in [0, 0.1) is 0 Å². The van der Waals surface area contributed by atoms with Gasteiger partial charge in [0.05, 0.1) is 18.5 Å². The molecule has 1 aliphatic heterocycles. The van der Waals surface area contributed by atoms with Crippen molar-refractivity contribution >= 4 is 16.0 Å². The molecule has 0 aromatic rings. The summed E-state index contributed by atoms with van der Waals surface area (Å²) in [5.74, 6) is 0.844. The number of guanidine groups is 1. The van der Waals surface area contributed by atoms with Gasteiger partial charge in [-0.3, -0.25) is 4.99 Å². The predicted octanol–water partition coefficient (Wildman–Crippen LogP) is -0.436. The smallest absolute Gasteiger partial charge is 0.216 e. The van der Waals surface area contributed by atoms with Gasteiger partial charge in [-0.05, 0) is 13.8 Å². The fourth-order valence-corrected chi connectivity index (χ4v) is 3.39. The molecule has 0 saturated carbocycles. The number of hydrogen-bond acceptors (Lipinski definition) is 4. The van der Waals surface area contributed by atoms with Gasteiger partial charge in [0.1, 0.15) is 0 Å². The molecule has 7 nitrogen and oxygen atoms in total. The maximum atomic E-state index is 12.2. The number of ether oxygens (including phenoxy) is 1. The summed E-state index contributed by atoms with van der Waals surface area (Å²) in [7, 11) is 0.314. The van der Waals surface area contributed by atoms with Crippen molar-refractivity contribution in [3.63, 3.8) is 0 Å². The highest BCUT2D eigenvalue weighted by Crippen LogP contribution is 2.08. The van der Waals surface area contributed by atoms with Gasteiger partial charge in [-0.2, -0.15) is 4.31 Å². The minimum Gasteiger partial charge on any atom is -0.378 e. The van der Waals surface area contributed by atoms with Crippen LogP contribution in [0.25, 0.3) is 0 Å². The fourth-order valence-electron chi connectivity index (χ4n) is 2.11. The standard InChI is InChI=1S/C12H26N4O3S/c1-11(2)19-9-10-20(17,18)16-7-5-15(6-8-16)12(13-3)14-4/h11H,5-10H2,1-4H3,(H,13,14). The van der Waals surface area contributed by atoms with E-state index in [1.54, 1.807) is 7.05 Å². The minimum absolute atomic E-state index is 0.0476. The first-order valence-corrected chi connectivity index (χ1v) is 8.50. The molecule has 8 heteroatoms. The van der Waals surface area contributed by atoms with Gasteiger partial charge in [0.15, 0.2) is 5.96 Å². The second kappa shape index (κ2) is 7.80. The molecule has 0 bridgehead atoms. The van der Waals surface area contributed by atoms with Crippen LogP contribution in [0.15, 0.2) is 4.99 Å². The molecule has 0 unspecified atom stereocenters. The maximum absolute atomic E-state index is 12.2. The molecule has 0 aliphatic carbocycles. The Labute approximate surface area is 122 Å². The molecule has 0 amide bonds. The van der Waals surface area contributed by atoms with Crippen molar-refractivity contribution in [2.24, 2.45) is 4.99 Å². The van der Waals surface area contributed by atoms with Crippen molar-refractivity contribution < 1.29 is 13.2 Å². The minimum atomic E-state index is -3.22. The Hall–Kier alpha value is -0.860. The molecule has 1 saturated heterocycles. The van der Waals surface area contributed by atoms with Gasteiger partial charge in [0.25, 0.3) is 0 Å². The molecule has 1 N–H and O–H groups in total. The van der Waals surface area contributed by atoms with Crippen molar-refractivity contribution in [2.75, 3.05) is 52.6 Å². The number of hydrogen-bond donors (Lipinski definition) is 1. The average molecular weight is 306 g/mol. The van der Waals surface area contributed by atoms with E-state index in [2.05, 4.69) is 15.2 Å². The number of nitrogens with zero attached hydrogens (tertiary/aromatic N) is 3. The summed E-state index contributed by atoms with van der Waals surface area (Å²) in [6, 6.07) is 0. The van der Waals surface area contributed by atoms with Crippen LogP contribution >= 0.6 is 0 Å². The summed E-state index contributed by atoms with van der Waals surface area (Å²) in [6.07, 6.45) is 0.0565. The lowest BCUT2D eigenvalue weighted by Gasteiger charge is -2.35. The van der Waals surface area contributed by atoms with Gasteiger partial charge in [-0.15, -0.1) is 0 Å². The molecule has 0 atom stereocenters. The monoisotopic (exact) mass is 306 g/mol. The molecule has 118 valence electrons. The Kier molecular flexibility index (Phi) is 6.70. The molecule has 1 rings (SSSR count). The first-order chi connectivity index (χ1) is 9.40. The van der Waals surface area contributed by atoms with Crippen LogP contribution in [0.2, 0.25) is 0 Å². The van der Waals surface area contributed by atoms with Gasteiger partial charge < -0.3 is 15.0 Å². The highest BCUT2D eigenvalue weighted by Gasteiger charge is 2.27. The Morgan fingerprint density at radius 2 is 1.90 bits per heavy atom. The molecule has 1 aliphatic rings. The quantitative estimate of drug-likeness (QED) is 0.551. The van der Waals surface area contributed by atoms with E-state index in [0.29, 0.717) is 26.2 Å². The van der Waals surface area contributed by atoms with E-state index >= 15 is 0 Å². The first-order valence-electron chi connectivity index (χ1n) is 6.89. The van der Waals surface area contributed by atoms with E-state index in [9.17, 15) is 8.42 Å². The number of rotatable bonds is 5. The molecule has 0 aromatic carbocycles.